The first-order chi connectivity index (χ1) is 11.1. The van der Waals surface area contributed by atoms with Crippen molar-refractivity contribution in [3.05, 3.63) is 59.3 Å². The fourth-order valence-electron chi connectivity index (χ4n) is 1.99. The van der Waals surface area contributed by atoms with Crippen LogP contribution in [0.1, 0.15) is 18.2 Å². The summed E-state index contributed by atoms with van der Waals surface area (Å²) in [5, 5.41) is 11.9. The number of H-pyrrole nitrogens is 1. The van der Waals surface area contributed by atoms with Gasteiger partial charge in [-0.25, -0.2) is 15.1 Å². The number of aromatic amines is 1. The van der Waals surface area contributed by atoms with Crippen LogP contribution in [0.4, 0.5) is 5.82 Å². The molecule has 0 fully saturated rings. The third-order valence-electron chi connectivity index (χ3n) is 3.06. The van der Waals surface area contributed by atoms with Crippen LogP contribution in [-0.2, 0) is 4.79 Å². The summed E-state index contributed by atoms with van der Waals surface area (Å²) in [5.74, 6) is 0.841. The average Bonchev–Trinajstić information content (AvgIpc) is 2.54. The number of amides is 1. The van der Waals surface area contributed by atoms with Crippen LogP contribution < -0.4 is 15.0 Å². The quantitative estimate of drug-likeness (QED) is 0.681. The van der Waals surface area contributed by atoms with E-state index in [1.54, 1.807) is 36.4 Å². The molecule has 2 aromatic rings. The Labute approximate surface area is 135 Å². The van der Waals surface area contributed by atoms with Gasteiger partial charge in [0.05, 0.1) is 12.3 Å². The molecule has 2 rings (SSSR count). The van der Waals surface area contributed by atoms with E-state index in [9.17, 15) is 10.1 Å². The number of carbonyl (C=O) groups excluding carboxylic acids is 1. The zero-order valence-corrected chi connectivity index (χ0v) is 13.1. The van der Waals surface area contributed by atoms with Crippen molar-refractivity contribution in [1.82, 2.24) is 0 Å². The molecule has 1 aromatic heterocycles. The Balaban J connectivity index is 2.14. The monoisotopic (exact) mass is 308 g/mol. The molecule has 0 aliphatic rings. The molecule has 0 saturated carbocycles. The second kappa shape index (κ2) is 7.76. The lowest BCUT2D eigenvalue weighted by Crippen LogP contribution is -2.21. The number of benzene rings is 1. The van der Waals surface area contributed by atoms with Crippen molar-refractivity contribution in [2.75, 3.05) is 11.9 Å². The lowest BCUT2D eigenvalue weighted by Gasteiger charge is -2.02. The molecule has 0 aliphatic carbocycles. The lowest BCUT2D eigenvalue weighted by molar-refractivity contribution is -0.370. The summed E-state index contributed by atoms with van der Waals surface area (Å²) >= 11 is 0. The maximum Gasteiger partial charge on any atom is 0.349 e. The summed E-state index contributed by atoms with van der Waals surface area (Å²) in [7, 11) is 0. The Kier molecular flexibility index (Phi) is 5.48. The van der Waals surface area contributed by atoms with Gasteiger partial charge in [-0.2, -0.15) is 5.26 Å². The van der Waals surface area contributed by atoms with Gasteiger partial charge in [-0.15, -0.1) is 0 Å². The SMILES string of the molecule is CCOc1ccc(C=C(C#N)C(=O)Nc2cccc(C)[nH+]2)cc1. The number of nitriles is 1. The van der Waals surface area contributed by atoms with E-state index in [0.29, 0.717) is 12.4 Å². The third kappa shape index (κ3) is 4.68. The van der Waals surface area contributed by atoms with E-state index < -0.39 is 5.91 Å². The summed E-state index contributed by atoms with van der Waals surface area (Å²) in [6.45, 7) is 4.39. The highest BCUT2D eigenvalue weighted by molar-refractivity contribution is 6.09. The number of aryl methyl sites for hydroxylation is 1. The first-order valence-electron chi connectivity index (χ1n) is 7.27. The molecule has 5 heteroatoms. The van der Waals surface area contributed by atoms with E-state index >= 15 is 0 Å². The molecule has 0 saturated heterocycles. The van der Waals surface area contributed by atoms with Gasteiger partial charge in [0.1, 0.15) is 17.4 Å². The summed E-state index contributed by atoms with van der Waals surface area (Å²) in [5.41, 5.74) is 1.70. The minimum Gasteiger partial charge on any atom is -0.494 e. The van der Waals surface area contributed by atoms with Crippen LogP contribution in [0, 0.1) is 18.3 Å². The summed E-state index contributed by atoms with van der Waals surface area (Å²) < 4.78 is 5.36. The predicted octanol–water partition coefficient (Wildman–Crippen LogP) is 2.75. The predicted molar refractivity (Wildman–Crippen MR) is 87.6 cm³/mol. The van der Waals surface area contributed by atoms with Gasteiger partial charge >= 0.3 is 5.91 Å². The van der Waals surface area contributed by atoms with Crippen LogP contribution in [0.2, 0.25) is 0 Å². The summed E-state index contributed by atoms with van der Waals surface area (Å²) in [6, 6.07) is 14.6. The van der Waals surface area contributed by atoms with Gasteiger partial charge in [-0.05, 0) is 43.7 Å². The number of ether oxygens (including phenoxy) is 1. The van der Waals surface area contributed by atoms with Crippen molar-refractivity contribution < 1.29 is 14.5 Å². The molecule has 0 bridgehead atoms. The van der Waals surface area contributed by atoms with Crippen molar-refractivity contribution in [1.29, 1.82) is 5.26 Å². The Morgan fingerprint density at radius 3 is 2.65 bits per heavy atom. The lowest BCUT2D eigenvalue weighted by atomic mass is 10.1. The highest BCUT2D eigenvalue weighted by Crippen LogP contribution is 2.15. The average molecular weight is 308 g/mol. The number of nitrogens with zero attached hydrogens (tertiary/aromatic N) is 1. The first kappa shape index (κ1) is 16.2. The molecule has 0 atom stereocenters. The summed E-state index contributed by atoms with van der Waals surface area (Å²) in [4.78, 5) is 15.2. The maximum atomic E-state index is 12.2. The molecular weight excluding hydrogens is 290 g/mol. The minimum absolute atomic E-state index is 0.0315. The number of nitrogens with one attached hydrogen (secondary N) is 2. The third-order valence-corrected chi connectivity index (χ3v) is 3.06. The Bertz CT molecular complexity index is 759. The van der Waals surface area contributed by atoms with Gasteiger partial charge in [0.15, 0.2) is 0 Å². The molecule has 1 aromatic carbocycles. The summed E-state index contributed by atoms with van der Waals surface area (Å²) in [6.07, 6.45) is 1.54. The maximum absolute atomic E-state index is 12.2. The zero-order chi connectivity index (χ0) is 16.7. The molecule has 0 unspecified atom stereocenters. The van der Waals surface area contributed by atoms with Crippen LogP contribution >= 0.6 is 0 Å². The fourth-order valence-corrected chi connectivity index (χ4v) is 1.99. The van der Waals surface area contributed by atoms with Gasteiger partial charge < -0.3 is 4.74 Å². The smallest absolute Gasteiger partial charge is 0.349 e. The molecule has 1 heterocycles. The molecule has 23 heavy (non-hydrogen) atoms. The number of hydrogen-bond acceptors (Lipinski definition) is 3. The molecule has 0 spiro atoms. The van der Waals surface area contributed by atoms with E-state index in [1.807, 2.05) is 32.0 Å². The number of carbonyl (C=O) groups is 1. The number of pyridine rings is 1. The van der Waals surface area contributed by atoms with Gasteiger partial charge in [0.2, 0.25) is 0 Å². The van der Waals surface area contributed by atoms with E-state index in [1.165, 1.54) is 0 Å². The van der Waals surface area contributed by atoms with Gasteiger partial charge in [0, 0.05) is 6.07 Å². The minimum atomic E-state index is -0.455. The van der Waals surface area contributed by atoms with Crippen LogP contribution in [0.15, 0.2) is 48.0 Å². The molecule has 0 radical (unpaired) electrons. The largest absolute Gasteiger partial charge is 0.494 e. The second-order valence-electron chi connectivity index (χ2n) is 4.87. The van der Waals surface area contributed by atoms with E-state index in [0.717, 1.165) is 17.0 Å². The molecule has 116 valence electrons. The Hall–Kier alpha value is -3.13. The first-order valence-corrected chi connectivity index (χ1v) is 7.27. The van der Waals surface area contributed by atoms with E-state index in [2.05, 4.69) is 10.3 Å². The van der Waals surface area contributed by atoms with Crippen LogP contribution in [0.3, 0.4) is 0 Å². The van der Waals surface area contributed by atoms with Gasteiger partial charge in [-0.1, -0.05) is 18.2 Å². The Morgan fingerprint density at radius 1 is 1.30 bits per heavy atom. The number of aromatic nitrogens is 1. The van der Waals surface area contributed by atoms with E-state index in [-0.39, 0.29) is 5.57 Å². The van der Waals surface area contributed by atoms with E-state index in [4.69, 9.17) is 4.74 Å². The fraction of sp³-hybridized carbons (Fsp3) is 0.167. The molecule has 1 amide bonds. The van der Waals surface area contributed by atoms with Crippen LogP contribution in [-0.4, -0.2) is 12.5 Å². The zero-order valence-electron chi connectivity index (χ0n) is 13.1. The Morgan fingerprint density at radius 2 is 2.04 bits per heavy atom. The number of anilines is 1. The van der Waals surface area contributed by atoms with Crippen LogP contribution in [0.25, 0.3) is 6.08 Å². The highest BCUT2D eigenvalue weighted by atomic mass is 16.5. The molecule has 5 nitrogen and oxygen atoms in total. The van der Waals surface area contributed by atoms with Gasteiger partial charge in [0.25, 0.3) is 5.82 Å². The molecule has 2 N–H and O–H groups in total. The van der Waals surface area contributed by atoms with Gasteiger partial charge in [-0.3, -0.25) is 0 Å². The second-order valence-corrected chi connectivity index (χ2v) is 4.87. The van der Waals surface area contributed by atoms with Crippen molar-refractivity contribution in [3.8, 4) is 11.8 Å². The normalized spacial score (nSPS) is 10.7. The number of rotatable bonds is 5. The van der Waals surface area contributed by atoms with Crippen molar-refractivity contribution >= 4 is 17.8 Å². The van der Waals surface area contributed by atoms with Crippen molar-refractivity contribution in [3.63, 3.8) is 0 Å². The topological polar surface area (TPSA) is 76.3 Å². The molecule has 0 aliphatic heterocycles. The molecular formula is C18H18N3O2+. The number of hydrogen-bond donors (Lipinski definition) is 1. The van der Waals surface area contributed by atoms with Crippen molar-refractivity contribution in [2.24, 2.45) is 0 Å². The standard InChI is InChI=1S/C18H17N3O2/c1-3-23-16-9-7-14(8-10-16)11-15(12-19)18(22)21-17-6-4-5-13(2)20-17/h4-11H,3H2,1-2H3,(H,20,21,22)/p+1. The van der Waals surface area contributed by atoms with Crippen molar-refractivity contribution in [2.45, 2.75) is 13.8 Å². The van der Waals surface area contributed by atoms with Crippen LogP contribution in [0.5, 0.6) is 5.75 Å². The highest BCUT2D eigenvalue weighted by Gasteiger charge is 2.15.